The van der Waals surface area contributed by atoms with Gasteiger partial charge in [-0.05, 0) is 43.7 Å². The number of hydrogen-bond acceptors (Lipinski definition) is 7. The zero-order valence-electron chi connectivity index (χ0n) is 21.6. The number of hydrogen-bond donors (Lipinski definition) is 0. The second kappa shape index (κ2) is 9.73. The lowest BCUT2D eigenvalue weighted by Crippen LogP contribution is -2.58. The van der Waals surface area contributed by atoms with Crippen LogP contribution in [0.2, 0.25) is 0 Å². The number of piperazine rings is 1. The fourth-order valence-electron chi connectivity index (χ4n) is 5.41. The SMILES string of the molecule is CC1CN(c2c(C#N)c(=O)n(C)c3ccc(C#N)nc23)[C@@H](C)CN1C(c1ccc(F)cc1)c1cn(C)cn1. The third kappa shape index (κ3) is 4.19. The Morgan fingerprint density at radius 3 is 2.39 bits per heavy atom. The molecule has 0 aliphatic carbocycles. The lowest BCUT2D eigenvalue weighted by molar-refractivity contribution is 0.128. The van der Waals surface area contributed by atoms with Crippen molar-refractivity contribution < 1.29 is 4.39 Å². The molecule has 5 rings (SSSR count). The molecular formula is C28H27FN8O. The van der Waals surface area contributed by atoms with Crippen LogP contribution in [0.4, 0.5) is 10.1 Å². The van der Waals surface area contributed by atoms with Gasteiger partial charge in [0.15, 0.2) is 0 Å². The van der Waals surface area contributed by atoms with Gasteiger partial charge in [0, 0.05) is 45.5 Å². The quantitative estimate of drug-likeness (QED) is 0.415. The normalized spacial score (nSPS) is 18.8. The van der Waals surface area contributed by atoms with E-state index in [9.17, 15) is 19.7 Å². The Balaban J connectivity index is 1.61. The van der Waals surface area contributed by atoms with Crippen molar-refractivity contribution in [2.24, 2.45) is 14.1 Å². The number of fused-ring (bicyclic) bond motifs is 1. The van der Waals surface area contributed by atoms with E-state index in [1.54, 1.807) is 37.6 Å². The summed E-state index contributed by atoms with van der Waals surface area (Å²) in [5.74, 6) is -0.300. The highest BCUT2D eigenvalue weighted by Gasteiger charge is 2.38. The van der Waals surface area contributed by atoms with Crippen LogP contribution in [-0.2, 0) is 14.1 Å². The van der Waals surface area contributed by atoms with E-state index in [4.69, 9.17) is 0 Å². The number of rotatable bonds is 4. The van der Waals surface area contributed by atoms with Crippen molar-refractivity contribution in [3.63, 3.8) is 0 Å². The number of nitrogens with zero attached hydrogens (tertiary/aromatic N) is 8. The van der Waals surface area contributed by atoms with Crippen LogP contribution in [0.1, 0.15) is 42.4 Å². The zero-order valence-corrected chi connectivity index (χ0v) is 21.6. The van der Waals surface area contributed by atoms with Crippen LogP contribution in [0.5, 0.6) is 0 Å². The van der Waals surface area contributed by atoms with Crippen molar-refractivity contribution in [3.8, 4) is 12.1 Å². The Morgan fingerprint density at radius 2 is 1.76 bits per heavy atom. The van der Waals surface area contributed by atoms with Gasteiger partial charge in [-0.2, -0.15) is 10.5 Å². The maximum Gasteiger partial charge on any atom is 0.270 e. The van der Waals surface area contributed by atoms with Gasteiger partial charge in [-0.3, -0.25) is 9.69 Å². The molecule has 0 amide bonds. The average Bonchev–Trinajstić information content (AvgIpc) is 3.34. The molecule has 1 fully saturated rings. The average molecular weight is 511 g/mol. The highest BCUT2D eigenvalue weighted by atomic mass is 19.1. The molecule has 192 valence electrons. The van der Waals surface area contributed by atoms with E-state index in [2.05, 4.69) is 38.8 Å². The second-order valence-corrected chi connectivity index (χ2v) is 9.84. The van der Waals surface area contributed by atoms with Crippen molar-refractivity contribution in [3.05, 3.63) is 87.6 Å². The summed E-state index contributed by atoms with van der Waals surface area (Å²) in [7, 11) is 3.52. The van der Waals surface area contributed by atoms with Crippen LogP contribution in [0.3, 0.4) is 0 Å². The minimum absolute atomic E-state index is 0.00917. The van der Waals surface area contributed by atoms with E-state index >= 15 is 0 Å². The maximum absolute atomic E-state index is 13.8. The largest absolute Gasteiger partial charge is 0.363 e. The first-order chi connectivity index (χ1) is 18.2. The molecule has 9 nitrogen and oxygen atoms in total. The third-order valence-corrected chi connectivity index (χ3v) is 7.29. The van der Waals surface area contributed by atoms with E-state index < -0.39 is 5.56 Å². The summed E-state index contributed by atoms with van der Waals surface area (Å²) < 4.78 is 17.1. The molecule has 4 heterocycles. The molecular weight excluding hydrogens is 483 g/mol. The Labute approximate surface area is 219 Å². The summed E-state index contributed by atoms with van der Waals surface area (Å²) in [5.41, 5.74) is 3.07. The Bertz CT molecular complexity index is 1660. The molecule has 0 N–H and O–H groups in total. The van der Waals surface area contributed by atoms with E-state index in [-0.39, 0.29) is 35.2 Å². The van der Waals surface area contributed by atoms with Gasteiger partial charge in [0.2, 0.25) is 0 Å². The molecule has 1 aliphatic rings. The van der Waals surface area contributed by atoms with Gasteiger partial charge in [0.1, 0.15) is 34.7 Å². The van der Waals surface area contributed by atoms with Crippen LogP contribution in [-0.4, -0.2) is 49.2 Å². The first-order valence-corrected chi connectivity index (χ1v) is 12.3. The van der Waals surface area contributed by atoms with E-state index in [1.165, 1.54) is 16.7 Å². The van der Waals surface area contributed by atoms with Gasteiger partial charge in [-0.25, -0.2) is 14.4 Å². The number of nitriles is 2. The molecule has 1 aromatic carbocycles. The van der Waals surface area contributed by atoms with E-state index in [1.807, 2.05) is 24.7 Å². The van der Waals surface area contributed by atoms with Crippen LogP contribution in [0, 0.1) is 28.5 Å². The van der Waals surface area contributed by atoms with Crippen LogP contribution in [0.15, 0.2) is 53.7 Å². The van der Waals surface area contributed by atoms with E-state index in [0.717, 1.165) is 11.3 Å². The van der Waals surface area contributed by atoms with Gasteiger partial charge >= 0.3 is 0 Å². The predicted octanol–water partition coefficient (Wildman–Crippen LogP) is 3.24. The van der Waals surface area contributed by atoms with Gasteiger partial charge in [0.05, 0.1) is 29.3 Å². The number of anilines is 1. The minimum atomic E-state index is -0.401. The fourth-order valence-corrected chi connectivity index (χ4v) is 5.41. The van der Waals surface area contributed by atoms with Gasteiger partial charge in [-0.1, -0.05) is 12.1 Å². The highest BCUT2D eigenvalue weighted by Crippen LogP contribution is 2.36. The molecule has 1 saturated heterocycles. The van der Waals surface area contributed by atoms with Crippen molar-refractivity contribution in [1.29, 1.82) is 10.5 Å². The smallest absolute Gasteiger partial charge is 0.270 e. The zero-order chi connectivity index (χ0) is 27.1. The number of benzene rings is 1. The number of halogens is 1. The van der Waals surface area contributed by atoms with Crippen LogP contribution in [0.25, 0.3) is 11.0 Å². The first kappa shape index (κ1) is 25.1. The topological polar surface area (TPSA) is 107 Å². The summed E-state index contributed by atoms with van der Waals surface area (Å²) >= 11 is 0. The van der Waals surface area contributed by atoms with Crippen molar-refractivity contribution in [1.82, 2.24) is 24.0 Å². The molecule has 0 spiro atoms. The summed E-state index contributed by atoms with van der Waals surface area (Å²) in [4.78, 5) is 26.7. The maximum atomic E-state index is 13.8. The lowest BCUT2D eigenvalue weighted by Gasteiger charge is -2.48. The molecule has 3 aromatic heterocycles. The second-order valence-electron chi connectivity index (χ2n) is 9.84. The van der Waals surface area contributed by atoms with Crippen LogP contribution < -0.4 is 10.5 Å². The third-order valence-electron chi connectivity index (χ3n) is 7.29. The molecule has 2 unspecified atom stereocenters. The Hall–Kier alpha value is -4.54. The van der Waals surface area contributed by atoms with Gasteiger partial charge in [-0.15, -0.1) is 0 Å². The summed E-state index contributed by atoms with van der Waals surface area (Å²) in [6, 6.07) is 13.6. The highest BCUT2D eigenvalue weighted by molar-refractivity contribution is 5.92. The molecule has 0 radical (unpaired) electrons. The van der Waals surface area contributed by atoms with E-state index in [0.29, 0.717) is 29.8 Å². The summed E-state index contributed by atoms with van der Waals surface area (Å²) in [6.07, 6.45) is 3.72. The first-order valence-electron chi connectivity index (χ1n) is 12.3. The lowest BCUT2D eigenvalue weighted by atomic mass is 9.96. The molecule has 0 bridgehead atoms. The van der Waals surface area contributed by atoms with Crippen molar-refractivity contribution >= 4 is 16.7 Å². The molecule has 38 heavy (non-hydrogen) atoms. The minimum Gasteiger partial charge on any atom is -0.363 e. The molecule has 10 heteroatoms. The predicted molar refractivity (Wildman–Crippen MR) is 141 cm³/mol. The molecule has 0 saturated carbocycles. The number of pyridine rings is 2. The fraction of sp³-hybridized carbons (Fsp3) is 0.321. The summed E-state index contributed by atoms with van der Waals surface area (Å²) in [6.45, 7) is 5.21. The standard InChI is InChI=1S/C28H27FN8O/c1-17-14-37(27-22(12-31)28(38)35(4)24-10-9-21(11-30)33-25(24)27)18(2)13-36(17)26(23-15-34(3)16-32-23)19-5-7-20(29)8-6-19/h5-10,15-18,26H,13-14H2,1-4H3/t17?,18-,26?/m0/s1. The number of aromatic nitrogens is 4. The molecule has 1 aliphatic heterocycles. The molecule has 3 atom stereocenters. The van der Waals surface area contributed by atoms with Crippen molar-refractivity contribution in [2.75, 3.05) is 18.0 Å². The van der Waals surface area contributed by atoms with Gasteiger partial charge < -0.3 is 14.0 Å². The number of aryl methyl sites for hydroxylation is 2. The monoisotopic (exact) mass is 510 g/mol. The number of imidazole rings is 1. The van der Waals surface area contributed by atoms with Crippen LogP contribution >= 0.6 is 0 Å². The molecule has 4 aromatic rings. The Morgan fingerprint density at radius 1 is 1.03 bits per heavy atom. The summed E-state index contributed by atoms with van der Waals surface area (Å²) in [5, 5.41) is 19.5. The Kier molecular flexibility index (Phi) is 6.43. The van der Waals surface area contributed by atoms with Crippen molar-refractivity contribution in [2.45, 2.75) is 32.0 Å². The van der Waals surface area contributed by atoms with Gasteiger partial charge in [0.25, 0.3) is 5.56 Å².